The van der Waals surface area contributed by atoms with Gasteiger partial charge in [0.15, 0.2) is 0 Å². The summed E-state index contributed by atoms with van der Waals surface area (Å²) >= 11 is 1.90. The van der Waals surface area contributed by atoms with Crippen molar-refractivity contribution in [2.45, 2.75) is 46.3 Å². The van der Waals surface area contributed by atoms with Crippen LogP contribution in [0.1, 0.15) is 42.1 Å². The van der Waals surface area contributed by atoms with Crippen molar-refractivity contribution in [2.75, 3.05) is 0 Å². The Morgan fingerprint density at radius 3 is 2.72 bits per heavy atom. The standard InChI is InChI=1S/C14H21N3S/c1-4-13-6-7-14(18-13)9-15-11(3)12-8-16-17(5-2)10-12/h6-8,10-11,15H,4-5,9H2,1-3H3. The van der Waals surface area contributed by atoms with Gasteiger partial charge in [0.1, 0.15) is 0 Å². The molecule has 1 unspecified atom stereocenters. The lowest BCUT2D eigenvalue weighted by molar-refractivity contribution is 0.577. The molecule has 0 aromatic carbocycles. The van der Waals surface area contributed by atoms with E-state index in [0.29, 0.717) is 6.04 Å². The summed E-state index contributed by atoms with van der Waals surface area (Å²) in [4.78, 5) is 2.86. The molecule has 98 valence electrons. The molecule has 2 rings (SSSR count). The molecule has 1 atom stereocenters. The van der Waals surface area contributed by atoms with E-state index in [0.717, 1.165) is 19.5 Å². The maximum atomic E-state index is 4.31. The van der Waals surface area contributed by atoms with Crippen LogP contribution in [0.3, 0.4) is 0 Å². The van der Waals surface area contributed by atoms with Crippen LogP contribution in [0, 0.1) is 0 Å². The fraction of sp³-hybridized carbons (Fsp3) is 0.500. The fourth-order valence-electron chi connectivity index (χ4n) is 1.85. The van der Waals surface area contributed by atoms with Crippen molar-refractivity contribution in [2.24, 2.45) is 0 Å². The average Bonchev–Trinajstić information content (AvgIpc) is 3.04. The molecule has 0 aliphatic carbocycles. The van der Waals surface area contributed by atoms with E-state index < -0.39 is 0 Å². The number of hydrogen-bond donors (Lipinski definition) is 1. The first kappa shape index (κ1) is 13.3. The van der Waals surface area contributed by atoms with Crippen LogP contribution in [-0.2, 0) is 19.5 Å². The molecular weight excluding hydrogens is 242 g/mol. The van der Waals surface area contributed by atoms with E-state index in [1.807, 2.05) is 22.2 Å². The van der Waals surface area contributed by atoms with Gasteiger partial charge < -0.3 is 5.32 Å². The molecule has 18 heavy (non-hydrogen) atoms. The summed E-state index contributed by atoms with van der Waals surface area (Å²) in [6, 6.07) is 4.79. The number of aryl methyl sites for hydroxylation is 2. The minimum Gasteiger partial charge on any atom is -0.305 e. The summed E-state index contributed by atoms with van der Waals surface area (Å²) in [5, 5.41) is 7.85. The lowest BCUT2D eigenvalue weighted by Gasteiger charge is -2.10. The Kier molecular flexibility index (Phi) is 4.55. The number of aromatic nitrogens is 2. The average molecular weight is 263 g/mol. The largest absolute Gasteiger partial charge is 0.305 e. The minimum atomic E-state index is 0.345. The molecule has 1 N–H and O–H groups in total. The quantitative estimate of drug-likeness (QED) is 0.866. The van der Waals surface area contributed by atoms with Crippen molar-refractivity contribution < 1.29 is 0 Å². The van der Waals surface area contributed by atoms with E-state index in [-0.39, 0.29) is 0 Å². The van der Waals surface area contributed by atoms with Crippen LogP contribution in [0.25, 0.3) is 0 Å². The van der Waals surface area contributed by atoms with Crippen LogP contribution in [0.4, 0.5) is 0 Å². The zero-order valence-electron chi connectivity index (χ0n) is 11.3. The van der Waals surface area contributed by atoms with E-state index in [1.54, 1.807) is 0 Å². The normalized spacial score (nSPS) is 12.8. The van der Waals surface area contributed by atoms with Crippen LogP contribution in [-0.4, -0.2) is 9.78 Å². The summed E-state index contributed by atoms with van der Waals surface area (Å²) in [6.45, 7) is 8.35. The fourth-order valence-corrected chi connectivity index (χ4v) is 2.76. The Hall–Kier alpha value is -1.13. The van der Waals surface area contributed by atoms with Crippen molar-refractivity contribution in [3.8, 4) is 0 Å². The molecule has 2 heterocycles. The van der Waals surface area contributed by atoms with Gasteiger partial charge >= 0.3 is 0 Å². The highest BCUT2D eigenvalue weighted by atomic mass is 32.1. The van der Waals surface area contributed by atoms with Gasteiger partial charge in [0, 0.05) is 40.6 Å². The molecule has 2 aromatic rings. The second kappa shape index (κ2) is 6.16. The summed E-state index contributed by atoms with van der Waals surface area (Å²) in [6.07, 6.45) is 5.19. The Morgan fingerprint density at radius 1 is 1.33 bits per heavy atom. The Balaban J connectivity index is 1.89. The van der Waals surface area contributed by atoms with Gasteiger partial charge in [0.25, 0.3) is 0 Å². The Bertz CT molecular complexity index is 487. The Labute approximate surface area is 113 Å². The van der Waals surface area contributed by atoms with Gasteiger partial charge in [0.2, 0.25) is 0 Å². The highest BCUT2D eigenvalue weighted by Gasteiger charge is 2.08. The number of thiophene rings is 1. The van der Waals surface area contributed by atoms with E-state index >= 15 is 0 Å². The highest BCUT2D eigenvalue weighted by molar-refractivity contribution is 7.11. The van der Waals surface area contributed by atoms with Gasteiger partial charge in [-0.25, -0.2) is 0 Å². The topological polar surface area (TPSA) is 29.9 Å². The first-order chi connectivity index (χ1) is 8.72. The molecular formula is C14H21N3S. The second-order valence-electron chi connectivity index (χ2n) is 4.45. The summed E-state index contributed by atoms with van der Waals surface area (Å²) in [5.41, 5.74) is 1.25. The molecule has 4 heteroatoms. The van der Waals surface area contributed by atoms with Crippen LogP contribution < -0.4 is 5.32 Å². The molecule has 0 fully saturated rings. The number of rotatable bonds is 6. The first-order valence-electron chi connectivity index (χ1n) is 6.56. The SMILES string of the molecule is CCc1ccc(CNC(C)c2cnn(CC)c2)s1. The van der Waals surface area contributed by atoms with Crippen LogP contribution in [0.5, 0.6) is 0 Å². The van der Waals surface area contributed by atoms with Crippen molar-refractivity contribution >= 4 is 11.3 Å². The monoisotopic (exact) mass is 263 g/mol. The van der Waals surface area contributed by atoms with Crippen LogP contribution >= 0.6 is 11.3 Å². The van der Waals surface area contributed by atoms with Gasteiger partial charge in [-0.15, -0.1) is 11.3 Å². The molecule has 0 bridgehead atoms. The smallest absolute Gasteiger partial charge is 0.0537 e. The zero-order valence-corrected chi connectivity index (χ0v) is 12.1. The van der Waals surface area contributed by atoms with E-state index in [2.05, 4.69) is 49.5 Å². The van der Waals surface area contributed by atoms with Crippen LogP contribution in [0.15, 0.2) is 24.5 Å². The lowest BCUT2D eigenvalue weighted by Crippen LogP contribution is -2.17. The third-order valence-electron chi connectivity index (χ3n) is 3.13. The zero-order chi connectivity index (χ0) is 13.0. The number of nitrogens with one attached hydrogen (secondary N) is 1. The van der Waals surface area contributed by atoms with Gasteiger partial charge in [-0.1, -0.05) is 6.92 Å². The van der Waals surface area contributed by atoms with Gasteiger partial charge in [0.05, 0.1) is 6.20 Å². The molecule has 0 saturated carbocycles. The van der Waals surface area contributed by atoms with E-state index in [4.69, 9.17) is 0 Å². The van der Waals surface area contributed by atoms with E-state index in [1.165, 1.54) is 15.3 Å². The van der Waals surface area contributed by atoms with Gasteiger partial charge in [-0.05, 0) is 32.4 Å². The third-order valence-corrected chi connectivity index (χ3v) is 4.36. The predicted octanol–water partition coefficient (Wildman–Crippen LogP) is 3.38. The maximum Gasteiger partial charge on any atom is 0.0537 e. The first-order valence-corrected chi connectivity index (χ1v) is 7.37. The van der Waals surface area contributed by atoms with Crippen molar-refractivity contribution in [1.29, 1.82) is 0 Å². The summed E-state index contributed by atoms with van der Waals surface area (Å²) < 4.78 is 1.97. The van der Waals surface area contributed by atoms with E-state index in [9.17, 15) is 0 Å². The van der Waals surface area contributed by atoms with Crippen molar-refractivity contribution in [3.05, 3.63) is 39.8 Å². The summed E-state index contributed by atoms with van der Waals surface area (Å²) in [5.74, 6) is 0. The molecule has 0 radical (unpaired) electrons. The van der Waals surface area contributed by atoms with Crippen molar-refractivity contribution in [1.82, 2.24) is 15.1 Å². The molecule has 0 aliphatic heterocycles. The predicted molar refractivity (Wildman–Crippen MR) is 76.9 cm³/mol. The molecule has 2 aromatic heterocycles. The third kappa shape index (κ3) is 3.21. The molecule has 0 aliphatic rings. The number of hydrogen-bond acceptors (Lipinski definition) is 3. The summed E-state index contributed by atoms with van der Waals surface area (Å²) in [7, 11) is 0. The highest BCUT2D eigenvalue weighted by Crippen LogP contribution is 2.18. The minimum absolute atomic E-state index is 0.345. The molecule has 0 spiro atoms. The van der Waals surface area contributed by atoms with Crippen molar-refractivity contribution in [3.63, 3.8) is 0 Å². The molecule has 0 saturated heterocycles. The number of nitrogens with zero attached hydrogens (tertiary/aromatic N) is 2. The van der Waals surface area contributed by atoms with Crippen LogP contribution in [0.2, 0.25) is 0 Å². The molecule has 0 amide bonds. The maximum absolute atomic E-state index is 4.31. The van der Waals surface area contributed by atoms with Gasteiger partial charge in [-0.3, -0.25) is 4.68 Å². The molecule has 3 nitrogen and oxygen atoms in total. The Morgan fingerprint density at radius 2 is 2.11 bits per heavy atom. The second-order valence-corrected chi connectivity index (χ2v) is 5.71. The lowest BCUT2D eigenvalue weighted by atomic mass is 10.2. The van der Waals surface area contributed by atoms with Gasteiger partial charge in [-0.2, -0.15) is 5.10 Å².